The number of piperidine rings is 1. The zero-order valence-electron chi connectivity index (χ0n) is 15.0. The van der Waals surface area contributed by atoms with Gasteiger partial charge in [-0.3, -0.25) is 9.69 Å². The Labute approximate surface area is 144 Å². The first kappa shape index (κ1) is 18.6. The molecule has 5 nitrogen and oxygen atoms in total. The summed E-state index contributed by atoms with van der Waals surface area (Å²) in [6.45, 7) is 6.50. The lowest BCUT2D eigenvalue weighted by Crippen LogP contribution is -2.45. The van der Waals surface area contributed by atoms with E-state index in [9.17, 15) is 9.90 Å². The van der Waals surface area contributed by atoms with Crippen molar-refractivity contribution in [2.45, 2.75) is 52.1 Å². The third-order valence-electron chi connectivity index (χ3n) is 4.81. The van der Waals surface area contributed by atoms with Crippen LogP contribution in [0, 0.1) is 5.92 Å². The Kier molecular flexibility index (Phi) is 6.91. The molecule has 2 rings (SSSR count). The Morgan fingerprint density at radius 2 is 2.17 bits per heavy atom. The van der Waals surface area contributed by atoms with Gasteiger partial charge in [0.15, 0.2) is 11.5 Å². The number of unbranched alkanes of at least 4 members (excludes halogenated alkanes) is 1. The Bertz CT molecular complexity index is 546. The number of hydrogen-bond donors (Lipinski definition) is 1. The highest BCUT2D eigenvalue weighted by Gasteiger charge is 2.32. The molecule has 0 saturated carbocycles. The highest BCUT2D eigenvalue weighted by Crippen LogP contribution is 2.30. The number of rotatable bonds is 8. The monoisotopic (exact) mass is 335 g/mol. The molecule has 1 aromatic carbocycles. The summed E-state index contributed by atoms with van der Waals surface area (Å²) < 4.78 is 11.2. The quantitative estimate of drug-likeness (QED) is 0.736. The minimum atomic E-state index is -0.690. The molecular formula is C19H29NO4. The zero-order valence-corrected chi connectivity index (χ0v) is 15.0. The fraction of sp³-hybridized carbons (Fsp3) is 0.632. The summed E-state index contributed by atoms with van der Waals surface area (Å²) in [5.41, 5.74) is 1.12. The summed E-state index contributed by atoms with van der Waals surface area (Å²) in [7, 11) is 1.65. The summed E-state index contributed by atoms with van der Waals surface area (Å²) in [4.78, 5) is 13.6. The first-order chi connectivity index (χ1) is 11.6. The van der Waals surface area contributed by atoms with E-state index in [1.54, 1.807) is 7.11 Å². The van der Waals surface area contributed by atoms with E-state index < -0.39 is 5.97 Å². The molecule has 5 heteroatoms. The number of ether oxygens (including phenoxy) is 2. The number of carboxylic acid groups (broad SMARTS) is 1. The van der Waals surface area contributed by atoms with Gasteiger partial charge in [0, 0.05) is 12.6 Å². The Morgan fingerprint density at radius 1 is 1.38 bits per heavy atom. The normalized spacial score (nSPS) is 21.5. The van der Waals surface area contributed by atoms with Gasteiger partial charge in [-0.05, 0) is 50.4 Å². The van der Waals surface area contributed by atoms with Crippen molar-refractivity contribution in [3.8, 4) is 11.5 Å². The van der Waals surface area contributed by atoms with Crippen LogP contribution >= 0.6 is 0 Å². The van der Waals surface area contributed by atoms with E-state index in [4.69, 9.17) is 9.47 Å². The fourth-order valence-corrected chi connectivity index (χ4v) is 3.26. The minimum Gasteiger partial charge on any atom is -0.493 e. The van der Waals surface area contributed by atoms with E-state index in [1.807, 2.05) is 25.1 Å². The van der Waals surface area contributed by atoms with Crippen molar-refractivity contribution in [2.75, 3.05) is 20.3 Å². The van der Waals surface area contributed by atoms with E-state index in [1.165, 1.54) is 0 Å². The second-order valence-corrected chi connectivity index (χ2v) is 6.49. The smallest absolute Gasteiger partial charge is 0.308 e. The second-order valence-electron chi connectivity index (χ2n) is 6.49. The number of carboxylic acids is 1. The highest BCUT2D eigenvalue weighted by atomic mass is 16.5. The van der Waals surface area contributed by atoms with Gasteiger partial charge in [-0.25, -0.2) is 0 Å². The predicted molar refractivity (Wildman–Crippen MR) is 93.6 cm³/mol. The van der Waals surface area contributed by atoms with Gasteiger partial charge in [0.1, 0.15) is 0 Å². The van der Waals surface area contributed by atoms with Crippen LogP contribution < -0.4 is 9.47 Å². The third kappa shape index (κ3) is 4.63. The number of nitrogens with zero attached hydrogens (tertiary/aromatic N) is 1. The van der Waals surface area contributed by atoms with Gasteiger partial charge >= 0.3 is 5.97 Å². The van der Waals surface area contributed by atoms with E-state index in [2.05, 4.69) is 11.8 Å². The Hall–Kier alpha value is -1.75. The van der Waals surface area contributed by atoms with Crippen LogP contribution in [0.5, 0.6) is 11.5 Å². The number of aliphatic carboxylic acids is 1. The van der Waals surface area contributed by atoms with Crippen LogP contribution in [-0.4, -0.2) is 42.3 Å². The SMILES string of the molecule is CCCCOc1ccc(CN2CCC[C@H](C(=O)O)[C@@H]2C)cc1OC. The maximum absolute atomic E-state index is 11.4. The van der Waals surface area contributed by atoms with Gasteiger partial charge in [0.2, 0.25) is 0 Å². The average Bonchev–Trinajstić information content (AvgIpc) is 2.57. The van der Waals surface area contributed by atoms with Gasteiger partial charge < -0.3 is 14.6 Å². The summed E-state index contributed by atoms with van der Waals surface area (Å²) in [5, 5.41) is 9.35. The van der Waals surface area contributed by atoms with E-state index in [0.29, 0.717) is 6.61 Å². The van der Waals surface area contributed by atoms with Crippen LogP contribution in [0.25, 0.3) is 0 Å². The number of benzene rings is 1. The molecular weight excluding hydrogens is 306 g/mol. The molecule has 1 N–H and O–H groups in total. The molecule has 1 saturated heterocycles. The molecule has 1 heterocycles. The standard InChI is InChI=1S/C19H29NO4/c1-4-5-11-24-17-9-8-15(12-18(17)23-3)13-20-10-6-7-16(14(20)2)19(21)22/h8-9,12,14,16H,4-7,10-11,13H2,1-3H3,(H,21,22)/t14-,16-/m0/s1. The molecule has 0 aromatic heterocycles. The molecule has 1 aromatic rings. The number of methoxy groups -OCH3 is 1. The molecule has 134 valence electrons. The Balaban J connectivity index is 2.05. The van der Waals surface area contributed by atoms with E-state index in [-0.39, 0.29) is 12.0 Å². The average molecular weight is 335 g/mol. The van der Waals surface area contributed by atoms with Gasteiger partial charge in [-0.15, -0.1) is 0 Å². The van der Waals surface area contributed by atoms with Crippen molar-refractivity contribution in [3.05, 3.63) is 23.8 Å². The van der Waals surface area contributed by atoms with E-state index in [0.717, 1.165) is 55.8 Å². The lowest BCUT2D eigenvalue weighted by molar-refractivity contribution is -0.145. The first-order valence-corrected chi connectivity index (χ1v) is 8.83. The lowest BCUT2D eigenvalue weighted by Gasteiger charge is -2.37. The second kappa shape index (κ2) is 8.92. The summed E-state index contributed by atoms with van der Waals surface area (Å²) in [6, 6.07) is 6.04. The molecule has 2 atom stereocenters. The van der Waals surface area contributed by atoms with Gasteiger partial charge in [0.05, 0.1) is 19.6 Å². The topological polar surface area (TPSA) is 59.0 Å². The minimum absolute atomic E-state index is 0.0442. The van der Waals surface area contributed by atoms with E-state index >= 15 is 0 Å². The molecule has 1 aliphatic rings. The predicted octanol–water partition coefficient (Wildman–Crippen LogP) is 3.56. The van der Waals surface area contributed by atoms with Crippen molar-refractivity contribution in [2.24, 2.45) is 5.92 Å². The van der Waals surface area contributed by atoms with Crippen molar-refractivity contribution >= 4 is 5.97 Å². The maximum Gasteiger partial charge on any atom is 0.308 e. The number of hydrogen-bond acceptors (Lipinski definition) is 4. The third-order valence-corrected chi connectivity index (χ3v) is 4.81. The van der Waals surface area contributed by atoms with Crippen LogP contribution in [0.1, 0.15) is 45.1 Å². The summed E-state index contributed by atoms with van der Waals surface area (Å²) in [5.74, 6) is 0.537. The molecule has 0 radical (unpaired) electrons. The Morgan fingerprint density at radius 3 is 2.83 bits per heavy atom. The number of likely N-dealkylation sites (tertiary alicyclic amines) is 1. The molecule has 0 spiro atoms. The summed E-state index contributed by atoms with van der Waals surface area (Å²) in [6.07, 6.45) is 3.81. The molecule has 1 fully saturated rings. The molecule has 0 unspecified atom stereocenters. The van der Waals surface area contributed by atoms with Gasteiger partial charge in [0.25, 0.3) is 0 Å². The van der Waals surface area contributed by atoms with Crippen LogP contribution in [-0.2, 0) is 11.3 Å². The molecule has 24 heavy (non-hydrogen) atoms. The van der Waals surface area contributed by atoms with Crippen molar-refractivity contribution in [3.63, 3.8) is 0 Å². The van der Waals surface area contributed by atoms with Gasteiger partial charge in [-0.2, -0.15) is 0 Å². The first-order valence-electron chi connectivity index (χ1n) is 8.83. The molecule has 0 aliphatic carbocycles. The van der Waals surface area contributed by atoms with Crippen LogP contribution in [0.15, 0.2) is 18.2 Å². The number of carbonyl (C=O) groups is 1. The molecule has 0 amide bonds. The molecule has 1 aliphatic heterocycles. The lowest BCUT2D eigenvalue weighted by atomic mass is 9.90. The van der Waals surface area contributed by atoms with Crippen molar-refractivity contribution < 1.29 is 19.4 Å². The highest BCUT2D eigenvalue weighted by molar-refractivity contribution is 5.71. The van der Waals surface area contributed by atoms with Crippen molar-refractivity contribution in [1.82, 2.24) is 4.90 Å². The van der Waals surface area contributed by atoms with Crippen LogP contribution in [0.2, 0.25) is 0 Å². The fourth-order valence-electron chi connectivity index (χ4n) is 3.26. The zero-order chi connectivity index (χ0) is 17.5. The largest absolute Gasteiger partial charge is 0.493 e. The van der Waals surface area contributed by atoms with Crippen LogP contribution in [0.4, 0.5) is 0 Å². The summed E-state index contributed by atoms with van der Waals surface area (Å²) >= 11 is 0. The van der Waals surface area contributed by atoms with Crippen molar-refractivity contribution in [1.29, 1.82) is 0 Å². The van der Waals surface area contributed by atoms with Gasteiger partial charge in [-0.1, -0.05) is 19.4 Å². The van der Waals surface area contributed by atoms with Crippen LogP contribution in [0.3, 0.4) is 0 Å². The molecule has 0 bridgehead atoms. The maximum atomic E-state index is 11.4.